The van der Waals surface area contributed by atoms with Crippen molar-refractivity contribution in [2.24, 2.45) is 0 Å². The summed E-state index contributed by atoms with van der Waals surface area (Å²) < 4.78 is 26.0. The summed E-state index contributed by atoms with van der Waals surface area (Å²) in [4.78, 5) is 1.66. The lowest BCUT2D eigenvalue weighted by Crippen LogP contribution is -2.55. The van der Waals surface area contributed by atoms with E-state index >= 15 is 0 Å². The van der Waals surface area contributed by atoms with Crippen molar-refractivity contribution >= 4 is 0 Å². The van der Waals surface area contributed by atoms with Gasteiger partial charge in [-0.25, -0.2) is 8.78 Å². The minimum Gasteiger partial charge on any atom is -0.312 e. The highest BCUT2D eigenvalue weighted by atomic mass is 19.3. The first-order chi connectivity index (χ1) is 5.06. The lowest BCUT2D eigenvalue weighted by molar-refractivity contribution is -0.0822. The molecule has 4 heteroatoms. The molecule has 1 aliphatic heterocycles. The van der Waals surface area contributed by atoms with Crippen LogP contribution in [0.25, 0.3) is 0 Å². The normalized spacial score (nSPS) is 32.2. The highest BCUT2D eigenvalue weighted by molar-refractivity contribution is 4.89. The van der Waals surface area contributed by atoms with Crippen molar-refractivity contribution in [3.63, 3.8) is 0 Å². The topological polar surface area (TPSA) is 15.3 Å². The van der Waals surface area contributed by atoms with Crippen LogP contribution in [0.15, 0.2) is 0 Å². The SMILES string of the molecule is CN[C@@H]1CCN(C)CC1(F)F.[HH]. The van der Waals surface area contributed by atoms with E-state index in [1.165, 1.54) is 0 Å². The van der Waals surface area contributed by atoms with Crippen LogP contribution in [0, 0.1) is 0 Å². The van der Waals surface area contributed by atoms with Crippen molar-refractivity contribution in [2.45, 2.75) is 18.4 Å². The minimum absolute atomic E-state index is 0. The number of rotatable bonds is 1. The molecule has 0 aromatic rings. The predicted molar refractivity (Wildman–Crippen MR) is 42.0 cm³/mol. The van der Waals surface area contributed by atoms with E-state index in [2.05, 4.69) is 5.32 Å². The van der Waals surface area contributed by atoms with Crippen LogP contribution >= 0.6 is 0 Å². The number of hydrogen-bond donors (Lipinski definition) is 1. The lowest BCUT2D eigenvalue weighted by atomic mass is 10.0. The Labute approximate surface area is 67.0 Å². The zero-order chi connectivity index (χ0) is 8.48. The number of nitrogens with zero attached hydrogens (tertiary/aromatic N) is 1. The molecule has 0 aromatic heterocycles. The maximum atomic E-state index is 13.0. The van der Waals surface area contributed by atoms with E-state index < -0.39 is 12.0 Å². The molecule has 1 heterocycles. The van der Waals surface area contributed by atoms with E-state index in [0.29, 0.717) is 6.42 Å². The Morgan fingerprint density at radius 1 is 1.64 bits per heavy atom. The second kappa shape index (κ2) is 3.03. The fraction of sp³-hybridized carbons (Fsp3) is 1.00. The number of hydrogen-bond acceptors (Lipinski definition) is 2. The van der Waals surface area contributed by atoms with Crippen molar-refractivity contribution in [2.75, 3.05) is 27.2 Å². The van der Waals surface area contributed by atoms with E-state index in [9.17, 15) is 8.78 Å². The van der Waals surface area contributed by atoms with E-state index in [1.807, 2.05) is 0 Å². The average molecular weight is 166 g/mol. The van der Waals surface area contributed by atoms with Crippen LogP contribution in [0.1, 0.15) is 7.85 Å². The molecular formula is C7H16F2N2. The van der Waals surface area contributed by atoms with Gasteiger partial charge < -0.3 is 10.2 Å². The van der Waals surface area contributed by atoms with Crippen LogP contribution < -0.4 is 5.32 Å². The Bertz CT molecular complexity index is 143. The maximum absolute atomic E-state index is 13.0. The predicted octanol–water partition coefficient (Wildman–Crippen LogP) is 0.791. The Hall–Kier alpha value is -0.220. The second-order valence-corrected chi connectivity index (χ2v) is 3.13. The van der Waals surface area contributed by atoms with Crippen molar-refractivity contribution in [1.29, 1.82) is 0 Å². The second-order valence-electron chi connectivity index (χ2n) is 3.13. The maximum Gasteiger partial charge on any atom is 0.275 e. The van der Waals surface area contributed by atoms with Gasteiger partial charge in [-0.05, 0) is 27.1 Å². The third-order valence-electron chi connectivity index (χ3n) is 2.14. The van der Waals surface area contributed by atoms with Crippen molar-refractivity contribution < 1.29 is 10.2 Å². The number of piperidine rings is 1. The van der Waals surface area contributed by atoms with Gasteiger partial charge in [-0.2, -0.15) is 0 Å². The standard InChI is InChI=1S/C7H14F2N2.H2/c1-10-6-3-4-11(2)5-7(6,8)9;/h6,10H,3-5H2,1-2H3;1H/t6-;/m1./s1. The van der Waals surface area contributed by atoms with Gasteiger partial charge in [0.05, 0.1) is 12.6 Å². The smallest absolute Gasteiger partial charge is 0.275 e. The summed E-state index contributed by atoms with van der Waals surface area (Å²) in [7, 11) is 3.31. The number of alkyl halides is 2. The molecule has 2 nitrogen and oxygen atoms in total. The highest BCUT2D eigenvalue weighted by Crippen LogP contribution is 2.25. The molecule has 11 heavy (non-hydrogen) atoms. The first-order valence-corrected chi connectivity index (χ1v) is 3.80. The van der Waals surface area contributed by atoms with Gasteiger partial charge in [0.2, 0.25) is 0 Å². The third kappa shape index (κ3) is 1.87. The summed E-state index contributed by atoms with van der Waals surface area (Å²) in [6.45, 7) is 0.625. The molecule has 0 aliphatic carbocycles. The van der Waals surface area contributed by atoms with Crippen LogP contribution in [-0.2, 0) is 0 Å². The zero-order valence-corrected chi connectivity index (χ0v) is 6.90. The van der Waals surface area contributed by atoms with Gasteiger partial charge in [-0.1, -0.05) is 0 Å². The van der Waals surface area contributed by atoms with Gasteiger partial charge in [0, 0.05) is 1.43 Å². The molecule has 1 saturated heterocycles. The van der Waals surface area contributed by atoms with E-state index in [-0.39, 0.29) is 7.97 Å². The van der Waals surface area contributed by atoms with Gasteiger partial charge >= 0.3 is 0 Å². The molecule has 0 saturated carbocycles. The molecule has 0 bridgehead atoms. The first-order valence-electron chi connectivity index (χ1n) is 3.80. The van der Waals surface area contributed by atoms with Crippen molar-refractivity contribution in [1.82, 2.24) is 10.2 Å². The molecular weight excluding hydrogens is 150 g/mol. The molecule has 1 fully saturated rings. The van der Waals surface area contributed by atoms with Crippen LogP contribution in [0.4, 0.5) is 8.78 Å². The van der Waals surface area contributed by atoms with Crippen molar-refractivity contribution in [3.05, 3.63) is 0 Å². The molecule has 0 aromatic carbocycles. The summed E-state index contributed by atoms with van der Waals surface area (Å²) in [5.41, 5.74) is 0. The molecule has 1 aliphatic rings. The molecule has 1 rings (SSSR count). The van der Waals surface area contributed by atoms with Gasteiger partial charge in [-0.3, -0.25) is 0 Å². The number of nitrogens with one attached hydrogen (secondary N) is 1. The fourth-order valence-corrected chi connectivity index (χ4v) is 1.47. The summed E-state index contributed by atoms with van der Waals surface area (Å²) in [6, 6.07) is -0.640. The molecule has 1 atom stereocenters. The van der Waals surface area contributed by atoms with Crippen LogP contribution in [0.5, 0.6) is 0 Å². The molecule has 0 unspecified atom stereocenters. The van der Waals surface area contributed by atoms with E-state index in [1.54, 1.807) is 19.0 Å². The minimum atomic E-state index is -2.57. The molecule has 0 radical (unpaired) electrons. The largest absolute Gasteiger partial charge is 0.312 e. The van der Waals surface area contributed by atoms with Gasteiger partial charge in [0.25, 0.3) is 5.92 Å². The Kier molecular flexibility index (Phi) is 2.44. The quantitative estimate of drug-likeness (QED) is 0.619. The Balaban J connectivity index is 0.00000121. The first kappa shape index (κ1) is 8.87. The van der Waals surface area contributed by atoms with Crippen LogP contribution in [-0.4, -0.2) is 44.0 Å². The lowest BCUT2D eigenvalue weighted by Gasteiger charge is -2.36. The summed E-state index contributed by atoms with van der Waals surface area (Å²) in [5.74, 6) is -2.57. The molecule has 0 amide bonds. The number of halogens is 2. The number of likely N-dealkylation sites (tertiary alicyclic amines) is 1. The Morgan fingerprint density at radius 2 is 2.27 bits per heavy atom. The van der Waals surface area contributed by atoms with Gasteiger partial charge in [-0.15, -0.1) is 0 Å². The average Bonchev–Trinajstić information content (AvgIpc) is 1.85. The Morgan fingerprint density at radius 3 is 2.73 bits per heavy atom. The van der Waals surface area contributed by atoms with E-state index in [0.717, 1.165) is 6.54 Å². The highest BCUT2D eigenvalue weighted by Gasteiger charge is 2.42. The molecule has 68 valence electrons. The summed E-state index contributed by atoms with van der Waals surface area (Å²) in [6.07, 6.45) is 0.528. The van der Waals surface area contributed by atoms with Gasteiger partial charge in [0.15, 0.2) is 0 Å². The van der Waals surface area contributed by atoms with Crippen molar-refractivity contribution in [3.8, 4) is 0 Å². The summed E-state index contributed by atoms with van der Waals surface area (Å²) >= 11 is 0. The molecule has 1 N–H and O–H groups in total. The molecule has 0 spiro atoms. The fourth-order valence-electron chi connectivity index (χ4n) is 1.47. The monoisotopic (exact) mass is 166 g/mol. The van der Waals surface area contributed by atoms with Crippen LogP contribution in [0.2, 0.25) is 0 Å². The van der Waals surface area contributed by atoms with Crippen LogP contribution in [0.3, 0.4) is 0 Å². The summed E-state index contributed by atoms with van der Waals surface area (Å²) in [5, 5.41) is 2.64. The third-order valence-corrected chi connectivity index (χ3v) is 2.14. The van der Waals surface area contributed by atoms with E-state index in [4.69, 9.17) is 0 Å². The van der Waals surface area contributed by atoms with Gasteiger partial charge in [0.1, 0.15) is 0 Å². The zero-order valence-electron chi connectivity index (χ0n) is 6.90.